The van der Waals surface area contributed by atoms with Crippen LogP contribution in [0.4, 0.5) is 13.2 Å². The molecule has 19 heavy (non-hydrogen) atoms. The van der Waals surface area contributed by atoms with Gasteiger partial charge in [-0.2, -0.15) is 18.4 Å². The third-order valence-electron chi connectivity index (χ3n) is 3.52. The molecule has 1 fully saturated rings. The molecule has 6 heteroatoms. The van der Waals surface area contributed by atoms with Gasteiger partial charge in [0.05, 0.1) is 12.0 Å². The SMILES string of the molecule is N#CCCCCNC(=O)C1CCCC(C(F)(F)F)C1. The normalized spacial score (nSPS) is 23.7. The Balaban J connectivity index is 2.30. The molecule has 1 amide bonds. The van der Waals surface area contributed by atoms with Crippen molar-refractivity contribution >= 4 is 5.91 Å². The molecule has 108 valence electrons. The molecule has 0 bridgehead atoms. The van der Waals surface area contributed by atoms with Crippen LogP contribution in [0.25, 0.3) is 0 Å². The summed E-state index contributed by atoms with van der Waals surface area (Å²) in [4.78, 5) is 11.8. The van der Waals surface area contributed by atoms with E-state index in [9.17, 15) is 18.0 Å². The van der Waals surface area contributed by atoms with Crippen LogP contribution in [0.15, 0.2) is 0 Å². The molecule has 0 aromatic carbocycles. The molecule has 0 spiro atoms. The van der Waals surface area contributed by atoms with E-state index in [0.717, 1.165) is 0 Å². The van der Waals surface area contributed by atoms with Crippen LogP contribution in [0.3, 0.4) is 0 Å². The van der Waals surface area contributed by atoms with Crippen LogP contribution in [0.1, 0.15) is 44.9 Å². The van der Waals surface area contributed by atoms with Gasteiger partial charge in [0.25, 0.3) is 0 Å². The highest BCUT2D eigenvalue weighted by Crippen LogP contribution is 2.39. The van der Waals surface area contributed by atoms with E-state index in [2.05, 4.69) is 5.32 Å². The van der Waals surface area contributed by atoms with E-state index >= 15 is 0 Å². The maximum atomic E-state index is 12.6. The van der Waals surface area contributed by atoms with Gasteiger partial charge in [-0.3, -0.25) is 4.79 Å². The van der Waals surface area contributed by atoms with Gasteiger partial charge in [-0.25, -0.2) is 0 Å². The fraction of sp³-hybridized carbons (Fsp3) is 0.846. The lowest BCUT2D eigenvalue weighted by molar-refractivity contribution is -0.186. The van der Waals surface area contributed by atoms with Gasteiger partial charge in [0.1, 0.15) is 0 Å². The van der Waals surface area contributed by atoms with Crippen LogP contribution in [0, 0.1) is 23.2 Å². The lowest BCUT2D eigenvalue weighted by Gasteiger charge is -2.29. The van der Waals surface area contributed by atoms with Crippen LogP contribution in [0.2, 0.25) is 0 Å². The van der Waals surface area contributed by atoms with Gasteiger partial charge in [0.2, 0.25) is 5.91 Å². The van der Waals surface area contributed by atoms with E-state index in [1.807, 2.05) is 6.07 Å². The summed E-state index contributed by atoms with van der Waals surface area (Å²) in [6.45, 7) is 0.438. The molecule has 0 saturated heterocycles. The van der Waals surface area contributed by atoms with Crippen molar-refractivity contribution in [2.75, 3.05) is 6.54 Å². The van der Waals surface area contributed by atoms with E-state index in [0.29, 0.717) is 38.6 Å². The Morgan fingerprint density at radius 1 is 1.32 bits per heavy atom. The molecule has 1 N–H and O–H groups in total. The van der Waals surface area contributed by atoms with Crippen molar-refractivity contribution in [3.05, 3.63) is 0 Å². The second-order valence-corrected chi connectivity index (χ2v) is 5.01. The molecule has 0 radical (unpaired) electrons. The fourth-order valence-corrected chi connectivity index (χ4v) is 2.41. The highest BCUT2D eigenvalue weighted by atomic mass is 19.4. The summed E-state index contributed by atoms with van der Waals surface area (Å²) >= 11 is 0. The van der Waals surface area contributed by atoms with Gasteiger partial charge in [0, 0.05) is 18.9 Å². The van der Waals surface area contributed by atoms with E-state index in [-0.39, 0.29) is 18.7 Å². The van der Waals surface area contributed by atoms with Crippen molar-refractivity contribution in [2.24, 2.45) is 11.8 Å². The highest BCUT2D eigenvalue weighted by Gasteiger charge is 2.43. The number of halogens is 3. The summed E-state index contributed by atoms with van der Waals surface area (Å²) < 4.78 is 37.8. The van der Waals surface area contributed by atoms with Crippen LogP contribution in [0.5, 0.6) is 0 Å². The first-order valence-electron chi connectivity index (χ1n) is 6.66. The van der Waals surface area contributed by atoms with E-state index in [4.69, 9.17) is 5.26 Å². The number of carbonyl (C=O) groups excluding carboxylic acids is 1. The van der Waals surface area contributed by atoms with Crippen LogP contribution in [-0.4, -0.2) is 18.6 Å². The van der Waals surface area contributed by atoms with E-state index in [1.54, 1.807) is 0 Å². The number of nitrogens with zero attached hydrogens (tertiary/aromatic N) is 1. The molecule has 2 atom stereocenters. The summed E-state index contributed by atoms with van der Waals surface area (Å²) in [6, 6.07) is 2.00. The Labute approximate surface area is 111 Å². The number of nitriles is 1. The largest absolute Gasteiger partial charge is 0.391 e. The molecule has 0 heterocycles. The standard InChI is InChI=1S/C13H19F3N2O/c14-13(15,16)11-6-4-5-10(9-11)12(19)18-8-3-1-2-7-17/h10-11H,1-6,8-9H2,(H,18,19). The minimum atomic E-state index is -4.19. The zero-order valence-electron chi connectivity index (χ0n) is 10.8. The predicted molar refractivity (Wildman–Crippen MR) is 64.0 cm³/mol. The molecule has 2 unspecified atom stereocenters. The Hall–Kier alpha value is -1.25. The Kier molecular flexibility index (Phi) is 6.13. The third-order valence-corrected chi connectivity index (χ3v) is 3.52. The molecule has 0 aromatic rings. The number of amides is 1. The van der Waals surface area contributed by atoms with Crippen molar-refractivity contribution in [2.45, 2.75) is 51.1 Å². The summed E-state index contributed by atoms with van der Waals surface area (Å²) in [7, 11) is 0. The smallest absolute Gasteiger partial charge is 0.356 e. The second kappa shape index (κ2) is 7.37. The van der Waals surface area contributed by atoms with Crippen molar-refractivity contribution in [3.8, 4) is 6.07 Å². The van der Waals surface area contributed by atoms with Crippen molar-refractivity contribution < 1.29 is 18.0 Å². The van der Waals surface area contributed by atoms with Crippen LogP contribution >= 0.6 is 0 Å². The average molecular weight is 276 g/mol. The van der Waals surface area contributed by atoms with Gasteiger partial charge in [-0.15, -0.1) is 0 Å². The predicted octanol–water partition coefficient (Wildman–Crippen LogP) is 3.17. The Bertz CT molecular complexity index is 336. The van der Waals surface area contributed by atoms with Crippen molar-refractivity contribution in [1.82, 2.24) is 5.32 Å². The molecular weight excluding hydrogens is 257 g/mol. The Morgan fingerprint density at radius 2 is 2.05 bits per heavy atom. The van der Waals surface area contributed by atoms with Gasteiger partial charge in [-0.1, -0.05) is 6.42 Å². The number of rotatable bonds is 5. The molecule has 1 saturated carbocycles. The van der Waals surface area contributed by atoms with Crippen molar-refractivity contribution in [1.29, 1.82) is 5.26 Å². The summed E-state index contributed by atoms with van der Waals surface area (Å²) in [5.41, 5.74) is 0. The van der Waals surface area contributed by atoms with E-state index < -0.39 is 18.0 Å². The first-order chi connectivity index (χ1) is 8.95. The minimum absolute atomic E-state index is 0.0898. The van der Waals surface area contributed by atoms with Crippen LogP contribution < -0.4 is 5.32 Å². The topological polar surface area (TPSA) is 52.9 Å². The van der Waals surface area contributed by atoms with Gasteiger partial charge in [0.15, 0.2) is 0 Å². The number of nitrogens with one attached hydrogen (secondary N) is 1. The minimum Gasteiger partial charge on any atom is -0.356 e. The third kappa shape index (κ3) is 5.50. The first kappa shape index (κ1) is 15.8. The number of carbonyl (C=O) groups is 1. The molecule has 1 aliphatic rings. The zero-order chi connectivity index (χ0) is 14.3. The maximum Gasteiger partial charge on any atom is 0.391 e. The first-order valence-corrected chi connectivity index (χ1v) is 6.66. The maximum absolute atomic E-state index is 12.6. The van der Waals surface area contributed by atoms with Gasteiger partial charge >= 0.3 is 6.18 Å². The summed E-state index contributed by atoms with van der Waals surface area (Å²) in [5, 5.41) is 11.0. The van der Waals surface area contributed by atoms with Crippen LogP contribution in [-0.2, 0) is 4.79 Å². The monoisotopic (exact) mass is 276 g/mol. The Morgan fingerprint density at radius 3 is 2.68 bits per heavy atom. The zero-order valence-corrected chi connectivity index (χ0v) is 10.8. The molecule has 1 rings (SSSR count). The number of alkyl halides is 3. The van der Waals surface area contributed by atoms with Gasteiger partial charge in [-0.05, 0) is 32.1 Å². The second-order valence-electron chi connectivity index (χ2n) is 5.01. The molecule has 0 aromatic heterocycles. The fourth-order valence-electron chi connectivity index (χ4n) is 2.41. The molecule has 0 aliphatic heterocycles. The molecule has 1 aliphatic carbocycles. The number of hydrogen-bond acceptors (Lipinski definition) is 2. The lowest BCUT2D eigenvalue weighted by Crippen LogP contribution is -2.37. The average Bonchev–Trinajstić information content (AvgIpc) is 2.37. The quantitative estimate of drug-likeness (QED) is 0.784. The van der Waals surface area contributed by atoms with E-state index in [1.165, 1.54) is 0 Å². The number of hydrogen-bond donors (Lipinski definition) is 1. The number of unbranched alkanes of at least 4 members (excludes halogenated alkanes) is 2. The summed E-state index contributed by atoms with van der Waals surface area (Å²) in [6.07, 6.45) is -1.32. The highest BCUT2D eigenvalue weighted by molar-refractivity contribution is 5.78. The molecular formula is C13H19F3N2O. The summed E-state index contributed by atoms with van der Waals surface area (Å²) in [5.74, 6) is -2.13. The lowest BCUT2D eigenvalue weighted by atomic mass is 9.80. The van der Waals surface area contributed by atoms with Gasteiger partial charge < -0.3 is 5.32 Å². The molecule has 3 nitrogen and oxygen atoms in total. The van der Waals surface area contributed by atoms with Crippen molar-refractivity contribution in [3.63, 3.8) is 0 Å².